The largest absolute Gasteiger partial charge is 0.0803 e. The van der Waals surface area contributed by atoms with Crippen LogP contribution in [0.1, 0.15) is 6.92 Å². The van der Waals surface area contributed by atoms with E-state index in [1.807, 2.05) is 0 Å². The first kappa shape index (κ1) is 8.51. The molecule has 2 rings (SSSR count). The summed E-state index contributed by atoms with van der Waals surface area (Å²) in [6.45, 7) is 2.24. The van der Waals surface area contributed by atoms with Gasteiger partial charge in [0, 0.05) is 0 Å². The minimum Gasteiger partial charge on any atom is -0.0803 e. The van der Waals surface area contributed by atoms with E-state index < -0.39 is 0 Å². The maximum absolute atomic E-state index is 2.34. The van der Waals surface area contributed by atoms with Gasteiger partial charge in [0.25, 0.3) is 0 Å². The normalized spacial score (nSPS) is 21.3. The average Bonchev–Trinajstić information content (AvgIpc) is 2.54. The third-order valence-corrected chi connectivity index (χ3v) is 4.88. The molecule has 0 saturated carbocycles. The molecule has 1 aliphatic carbocycles. The van der Waals surface area contributed by atoms with Crippen molar-refractivity contribution in [3.05, 3.63) is 54.1 Å². The van der Waals surface area contributed by atoms with Crippen molar-refractivity contribution < 1.29 is 0 Å². The molecule has 0 N–H and O–H groups in total. The highest BCUT2D eigenvalue weighted by Crippen LogP contribution is 2.22. The molecule has 1 heteroatoms. The van der Waals surface area contributed by atoms with Crippen molar-refractivity contribution in [1.82, 2.24) is 0 Å². The van der Waals surface area contributed by atoms with E-state index in [1.54, 1.807) is 5.19 Å². The topological polar surface area (TPSA) is 0 Å². The van der Waals surface area contributed by atoms with E-state index >= 15 is 0 Å². The third-order valence-electron chi connectivity index (χ3n) is 2.59. The Morgan fingerprint density at radius 1 is 1.15 bits per heavy atom. The molecule has 13 heavy (non-hydrogen) atoms. The maximum Gasteiger partial charge on any atom is 0.0667 e. The Balaban J connectivity index is 2.07. The first-order valence-electron chi connectivity index (χ1n) is 4.75. The van der Waals surface area contributed by atoms with Crippen LogP contribution in [0, 0.1) is 0 Å². The van der Waals surface area contributed by atoms with Crippen LogP contribution in [0.4, 0.5) is 0 Å². The lowest BCUT2D eigenvalue weighted by Gasteiger charge is -2.08. The molecule has 1 aromatic carbocycles. The van der Waals surface area contributed by atoms with Crippen molar-refractivity contribution in [3.63, 3.8) is 0 Å². The van der Waals surface area contributed by atoms with E-state index in [2.05, 4.69) is 55.5 Å². The van der Waals surface area contributed by atoms with Crippen LogP contribution in [0.3, 0.4) is 0 Å². The molecule has 0 radical (unpaired) electrons. The van der Waals surface area contributed by atoms with Crippen LogP contribution in [-0.4, -0.2) is 9.52 Å². The van der Waals surface area contributed by atoms with E-state index in [1.165, 1.54) is 5.57 Å². The summed E-state index contributed by atoms with van der Waals surface area (Å²) in [4.78, 5) is 0. The molecule has 0 aliphatic heterocycles. The zero-order chi connectivity index (χ0) is 9.10. The number of benzene rings is 1. The Labute approximate surface area is 81.8 Å². The molecular weight excluding hydrogens is 172 g/mol. The molecule has 0 spiro atoms. The Morgan fingerprint density at radius 2 is 1.92 bits per heavy atom. The molecule has 1 aromatic rings. The van der Waals surface area contributed by atoms with Crippen LogP contribution in [0.2, 0.25) is 5.54 Å². The predicted octanol–water partition coefficient (Wildman–Crippen LogP) is 1.79. The first-order chi connectivity index (χ1) is 6.36. The summed E-state index contributed by atoms with van der Waals surface area (Å²) in [5.74, 6) is 0. The van der Waals surface area contributed by atoms with Gasteiger partial charge >= 0.3 is 0 Å². The molecule has 0 saturated heterocycles. The highest BCUT2D eigenvalue weighted by atomic mass is 28.2. The lowest BCUT2D eigenvalue weighted by molar-refractivity contribution is 1.23. The van der Waals surface area contributed by atoms with Crippen molar-refractivity contribution in [1.29, 1.82) is 0 Å². The van der Waals surface area contributed by atoms with Gasteiger partial charge in [-0.25, -0.2) is 0 Å². The Hall–Kier alpha value is -1.08. The van der Waals surface area contributed by atoms with Crippen LogP contribution in [0.5, 0.6) is 0 Å². The number of rotatable bonds is 2. The fourth-order valence-corrected chi connectivity index (χ4v) is 3.52. The maximum atomic E-state index is 2.34. The molecule has 0 amide bonds. The van der Waals surface area contributed by atoms with Gasteiger partial charge in [-0.3, -0.25) is 0 Å². The van der Waals surface area contributed by atoms with Crippen molar-refractivity contribution in [3.8, 4) is 0 Å². The second-order valence-electron chi connectivity index (χ2n) is 3.59. The van der Waals surface area contributed by atoms with Crippen LogP contribution in [0.25, 0.3) is 0 Å². The van der Waals surface area contributed by atoms with Crippen molar-refractivity contribution in [2.24, 2.45) is 0 Å². The summed E-state index contributed by atoms with van der Waals surface area (Å²) in [6.07, 6.45) is 6.77. The Bertz CT molecular complexity index is 335. The lowest BCUT2D eigenvalue weighted by atomic mass is 10.3. The van der Waals surface area contributed by atoms with Gasteiger partial charge in [0.2, 0.25) is 0 Å². The van der Waals surface area contributed by atoms with E-state index in [4.69, 9.17) is 0 Å². The molecule has 0 bridgehead atoms. The molecule has 1 atom stereocenters. The summed E-state index contributed by atoms with van der Waals surface area (Å²) in [7, 11) is -0.138. The van der Waals surface area contributed by atoms with Crippen LogP contribution in [0.15, 0.2) is 54.1 Å². The van der Waals surface area contributed by atoms with Crippen LogP contribution in [-0.2, 0) is 0 Å². The van der Waals surface area contributed by atoms with Gasteiger partial charge in [-0.05, 0) is 12.5 Å². The number of hydrogen-bond donors (Lipinski definition) is 0. The van der Waals surface area contributed by atoms with Gasteiger partial charge in [-0.15, -0.1) is 0 Å². The van der Waals surface area contributed by atoms with Crippen molar-refractivity contribution >= 4 is 14.7 Å². The minimum absolute atomic E-state index is 0.138. The van der Waals surface area contributed by atoms with Crippen LogP contribution >= 0.6 is 0 Å². The molecule has 0 fully saturated rings. The fourth-order valence-electron chi connectivity index (χ4n) is 1.71. The van der Waals surface area contributed by atoms with Gasteiger partial charge in [0.1, 0.15) is 0 Å². The number of hydrogen-bond acceptors (Lipinski definition) is 0. The summed E-state index contributed by atoms with van der Waals surface area (Å²) >= 11 is 0. The standard InChI is InChI=1S/C12H14Si/c1-10-6-5-9-12(10)13-11-7-3-2-4-8-11/h2-9,12H,13H2,1H3. The Morgan fingerprint density at radius 3 is 2.54 bits per heavy atom. The molecule has 0 nitrogen and oxygen atoms in total. The van der Waals surface area contributed by atoms with Gasteiger partial charge in [0.05, 0.1) is 9.52 Å². The van der Waals surface area contributed by atoms with Gasteiger partial charge in [-0.2, -0.15) is 0 Å². The van der Waals surface area contributed by atoms with Gasteiger partial charge < -0.3 is 0 Å². The molecule has 0 aromatic heterocycles. The zero-order valence-electron chi connectivity index (χ0n) is 7.90. The molecular formula is C12H14Si. The second-order valence-corrected chi connectivity index (χ2v) is 5.70. The van der Waals surface area contributed by atoms with Crippen molar-refractivity contribution in [2.45, 2.75) is 12.5 Å². The monoisotopic (exact) mass is 186 g/mol. The molecule has 1 aliphatic rings. The Kier molecular flexibility index (Phi) is 2.46. The first-order valence-corrected chi connectivity index (χ1v) is 6.27. The third kappa shape index (κ3) is 1.98. The van der Waals surface area contributed by atoms with Crippen molar-refractivity contribution in [2.75, 3.05) is 0 Å². The number of allylic oxidation sites excluding steroid dienone is 4. The van der Waals surface area contributed by atoms with Crippen LogP contribution < -0.4 is 5.19 Å². The SMILES string of the molecule is CC1=CC=CC1[SiH2]c1ccccc1. The smallest absolute Gasteiger partial charge is 0.0667 e. The van der Waals surface area contributed by atoms with E-state index in [9.17, 15) is 0 Å². The lowest BCUT2D eigenvalue weighted by Crippen LogP contribution is -2.17. The van der Waals surface area contributed by atoms with Gasteiger partial charge in [0.15, 0.2) is 0 Å². The van der Waals surface area contributed by atoms with E-state index in [0.29, 0.717) is 0 Å². The van der Waals surface area contributed by atoms with Gasteiger partial charge in [-0.1, -0.05) is 59.3 Å². The summed E-state index contributed by atoms with van der Waals surface area (Å²) in [5, 5.41) is 1.56. The fraction of sp³-hybridized carbons (Fsp3) is 0.167. The predicted molar refractivity (Wildman–Crippen MR) is 61.3 cm³/mol. The second kappa shape index (κ2) is 3.75. The molecule has 66 valence electrons. The summed E-state index contributed by atoms with van der Waals surface area (Å²) < 4.78 is 0. The molecule has 0 heterocycles. The molecule has 1 unspecified atom stereocenters. The highest BCUT2D eigenvalue weighted by molar-refractivity contribution is 6.56. The summed E-state index contributed by atoms with van der Waals surface area (Å²) in [5.41, 5.74) is 2.30. The minimum atomic E-state index is -0.138. The highest BCUT2D eigenvalue weighted by Gasteiger charge is 2.11. The summed E-state index contributed by atoms with van der Waals surface area (Å²) in [6, 6.07) is 10.9. The van der Waals surface area contributed by atoms with E-state index in [0.717, 1.165) is 5.54 Å². The average molecular weight is 186 g/mol. The zero-order valence-corrected chi connectivity index (χ0v) is 9.32. The quantitative estimate of drug-likeness (QED) is 0.618. The van der Waals surface area contributed by atoms with E-state index in [-0.39, 0.29) is 9.52 Å².